The Hall–Kier alpha value is -2.89. The first-order valence-electron chi connectivity index (χ1n) is 5.96. The van der Waals surface area contributed by atoms with Gasteiger partial charge < -0.3 is 15.0 Å². The van der Waals surface area contributed by atoms with E-state index in [4.69, 9.17) is 15.0 Å². The van der Waals surface area contributed by atoms with E-state index in [9.17, 15) is 0 Å². The van der Waals surface area contributed by atoms with Gasteiger partial charge in [0.2, 0.25) is 5.82 Å². The molecule has 0 aliphatic carbocycles. The van der Waals surface area contributed by atoms with Gasteiger partial charge in [-0.3, -0.25) is 4.98 Å². The molecule has 2 aromatic heterocycles. The van der Waals surface area contributed by atoms with Crippen LogP contribution in [0, 0.1) is 0 Å². The van der Waals surface area contributed by atoms with Gasteiger partial charge >= 0.3 is 0 Å². The zero-order valence-electron chi connectivity index (χ0n) is 10.8. The largest absolute Gasteiger partial charge is 0.495 e. The molecule has 6 nitrogen and oxygen atoms in total. The molecule has 2 N–H and O–H groups in total. The second-order valence-electron chi connectivity index (χ2n) is 4.12. The minimum Gasteiger partial charge on any atom is -0.495 e. The second-order valence-corrected chi connectivity index (χ2v) is 4.12. The van der Waals surface area contributed by atoms with E-state index in [2.05, 4.69) is 15.1 Å². The predicted octanol–water partition coefficient (Wildman–Crippen LogP) is 2.39. The maximum Gasteiger partial charge on any atom is 0.258 e. The highest BCUT2D eigenvalue weighted by Gasteiger charge is 2.12. The quantitative estimate of drug-likeness (QED) is 0.734. The second kappa shape index (κ2) is 5.00. The van der Waals surface area contributed by atoms with E-state index in [0.717, 1.165) is 11.1 Å². The average molecular weight is 268 g/mol. The Kier molecular flexibility index (Phi) is 3.04. The Labute approximate surface area is 115 Å². The van der Waals surface area contributed by atoms with Gasteiger partial charge in [0.05, 0.1) is 12.8 Å². The fourth-order valence-electron chi connectivity index (χ4n) is 1.82. The van der Waals surface area contributed by atoms with Crippen molar-refractivity contribution in [2.75, 3.05) is 12.8 Å². The van der Waals surface area contributed by atoms with Gasteiger partial charge in [-0.1, -0.05) is 5.16 Å². The zero-order chi connectivity index (χ0) is 13.9. The van der Waals surface area contributed by atoms with E-state index in [0.29, 0.717) is 23.2 Å². The molecule has 0 fully saturated rings. The SMILES string of the molecule is COc1ccc(-c2nc(-c3cccnc3)no2)cc1N. The van der Waals surface area contributed by atoms with Gasteiger partial charge in [0.15, 0.2) is 0 Å². The molecule has 0 atom stereocenters. The molecule has 20 heavy (non-hydrogen) atoms. The Morgan fingerprint density at radius 2 is 2.10 bits per heavy atom. The van der Waals surface area contributed by atoms with Crippen LogP contribution in [0.1, 0.15) is 0 Å². The van der Waals surface area contributed by atoms with Crippen LogP contribution in [0.2, 0.25) is 0 Å². The van der Waals surface area contributed by atoms with E-state index >= 15 is 0 Å². The van der Waals surface area contributed by atoms with Crippen molar-refractivity contribution in [3.05, 3.63) is 42.7 Å². The van der Waals surface area contributed by atoms with Crippen LogP contribution in [-0.2, 0) is 0 Å². The summed E-state index contributed by atoms with van der Waals surface area (Å²) in [4.78, 5) is 8.35. The topological polar surface area (TPSA) is 87.1 Å². The standard InChI is InChI=1S/C14H12N4O2/c1-19-12-5-4-9(7-11(12)15)14-17-13(18-20-14)10-3-2-6-16-8-10/h2-8H,15H2,1H3. The number of hydrogen-bond acceptors (Lipinski definition) is 6. The number of rotatable bonds is 3. The molecular formula is C14H12N4O2. The lowest BCUT2D eigenvalue weighted by molar-refractivity contribution is 0.416. The molecule has 3 rings (SSSR count). The zero-order valence-corrected chi connectivity index (χ0v) is 10.8. The Balaban J connectivity index is 1.96. The fraction of sp³-hybridized carbons (Fsp3) is 0.0714. The minimum atomic E-state index is 0.401. The molecule has 0 aliphatic heterocycles. The molecule has 0 bridgehead atoms. The summed E-state index contributed by atoms with van der Waals surface area (Å²) in [6.07, 6.45) is 3.37. The third kappa shape index (κ3) is 2.18. The summed E-state index contributed by atoms with van der Waals surface area (Å²) in [5.74, 6) is 1.50. The molecule has 0 aliphatic rings. The van der Waals surface area contributed by atoms with Gasteiger partial charge in [0.1, 0.15) is 5.75 Å². The van der Waals surface area contributed by atoms with Gasteiger partial charge in [-0.05, 0) is 30.3 Å². The van der Waals surface area contributed by atoms with Crippen LogP contribution in [0.25, 0.3) is 22.8 Å². The molecule has 100 valence electrons. The van der Waals surface area contributed by atoms with Crippen molar-refractivity contribution in [1.29, 1.82) is 0 Å². The first-order chi connectivity index (χ1) is 9.78. The number of nitrogens with zero attached hydrogens (tertiary/aromatic N) is 3. The number of benzene rings is 1. The van der Waals surface area contributed by atoms with E-state index in [1.54, 1.807) is 31.6 Å². The van der Waals surface area contributed by atoms with Gasteiger partial charge in [-0.15, -0.1) is 0 Å². The normalized spacial score (nSPS) is 10.4. The summed E-state index contributed by atoms with van der Waals surface area (Å²) < 4.78 is 10.4. The summed E-state index contributed by atoms with van der Waals surface area (Å²) in [5.41, 5.74) is 7.92. The summed E-state index contributed by atoms with van der Waals surface area (Å²) in [5, 5.41) is 3.94. The summed E-state index contributed by atoms with van der Waals surface area (Å²) >= 11 is 0. The van der Waals surface area contributed by atoms with Crippen LogP contribution < -0.4 is 10.5 Å². The number of aromatic nitrogens is 3. The molecule has 0 unspecified atom stereocenters. The number of anilines is 1. The van der Waals surface area contributed by atoms with Crippen LogP contribution >= 0.6 is 0 Å². The highest BCUT2D eigenvalue weighted by atomic mass is 16.5. The maximum atomic E-state index is 5.86. The lowest BCUT2D eigenvalue weighted by Gasteiger charge is -2.04. The number of pyridine rings is 1. The van der Waals surface area contributed by atoms with Crippen LogP contribution in [0.5, 0.6) is 5.75 Å². The number of nitrogens with two attached hydrogens (primary N) is 1. The predicted molar refractivity (Wildman–Crippen MR) is 73.9 cm³/mol. The summed E-state index contributed by atoms with van der Waals surface area (Å²) in [7, 11) is 1.57. The Bertz CT molecular complexity index is 725. The number of nitrogen functional groups attached to an aromatic ring is 1. The van der Waals surface area contributed by atoms with Crippen molar-refractivity contribution in [3.63, 3.8) is 0 Å². The fourth-order valence-corrected chi connectivity index (χ4v) is 1.82. The van der Waals surface area contributed by atoms with E-state index in [1.807, 2.05) is 18.2 Å². The molecule has 0 spiro atoms. The third-order valence-electron chi connectivity index (χ3n) is 2.82. The van der Waals surface area contributed by atoms with Gasteiger partial charge in [-0.2, -0.15) is 4.98 Å². The lowest BCUT2D eigenvalue weighted by atomic mass is 10.2. The van der Waals surface area contributed by atoms with Crippen molar-refractivity contribution in [2.24, 2.45) is 0 Å². The average Bonchev–Trinajstić information content (AvgIpc) is 2.98. The third-order valence-corrected chi connectivity index (χ3v) is 2.82. The highest BCUT2D eigenvalue weighted by Crippen LogP contribution is 2.28. The Morgan fingerprint density at radius 3 is 2.80 bits per heavy atom. The van der Waals surface area contributed by atoms with Crippen molar-refractivity contribution in [1.82, 2.24) is 15.1 Å². The van der Waals surface area contributed by atoms with E-state index in [-0.39, 0.29) is 0 Å². The Morgan fingerprint density at radius 1 is 1.20 bits per heavy atom. The van der Waals surface area contributed by atoms with Crippen molar-refractivity contribution in [2.45, 2.75) is 0 Å². The highest BCUT2D eigenvalue weighted by molar-refractivity contribution is 5.66. The molecule has 6 heteroatoms. The van der Waals surface area contributed by atoms with Gasteiger partial charge in [0, 0.05) is 23.5 Å². The van der Waals surface area contributed by atoms with Gasteiger partial charge in [0.25, 0.3) is 5.89 Å². The molecule has 3 aromatic rings. The lowest BCUT2D eigenvalue weighted by Crippen LogP contribution is -1.92. The monoisotopic (exact) mass is 268 g/mol. The van der Waals surface area contributed by atoms with Crippen LogP contribution in [0.15, 0.2) is 47.2 Å². The number of ether oxygens (including phenoxy) is 1. The molecule has 0 saturated heterocycles. The first-order valence-corrected chi connectivity index (χ1v) is 5.96. The molecule has 1 aromatic carbocycles. The number of hydrogen-bond donors (Lipinski definition) is 1. The van der Waals surface area contributed by atoms with Gasteiger partial charge in [-0.25, -0.2) is 0 Å². The minimum absolute atomic E-state index is 0.401. The molecule has 2 heterocycles. The molecular weight excluding hydrogens is 256 g/mol. The smallest absolute Gasteiger partial charge is 0.258 e. The van der Waals surface area contributed by atoms with Crippen molar-refractivity contribution < 1.29 is 9.26 Å². The number of methoxy groups -OCH3 is 1. The summed E-state index contributed by atoms with van der Waals surface area (Å²) in [6.45, 7) is 0. The van der Waals surface area contributed by atoms with Crippen LogP contribution in [-0.4, -0.2) is 22.2 Å². The maximum absolute atomic E-state index is 5.86. The van der Waals surface area contributed by atoms with E-state index in [1.165, 1.54) is 0 Å². The molecule has 0 amide bonds. The first kappa shape index (κ1) is 12.2. The van der Waals surface area contributed by atoms with Crippen LogP contribution in [0.3, 0.4) is 0 Å². The molecule has 0 saturated carbocycles. The van der Waals surface area contributed by atoms with Crippen LogP contribution in [0.4, 0.5) is 5.69 Å². The van der Waals surface area contributed by atoms with E-state index < -0.39 is 0 Å². The molecule has 0 radical (unpaired) electrons. The van der Waals surface area contributed by atoms with Crippen molar-refractivity contribution >= 4 is 5.69 Å². The van der Waals surface area contributed by atoms with Crippen molar-refractivity contribution in [3.8, 4) is 28.6 Å². The summed E-state index contributed by atoms with van der Waals surface area (Å²) in [6, 6.07) is 8.99.